The van der Waals surface area contributed by atoms with Crippen LogP contribution in [0.15, 0.2) is 89.7 Å². The lowest BCUT2D eigenvalue weighted by Crippen LogP contribution is -2.52. The fourth-order valence-electron chi connectivity index (χ4n) is 6.29. The molecule has 0 aliphatic heterocycles. The summed E-state index contributed by atoms with van der Waals surface area (Å²) in [5, 5.41) is 3.57. The van der Waals surface area contributed by atoms with Crippen molar-refractivity contribution in [1.82, 2.24) is 9.88 Å². The van der Waals surface area contributed by atoms with Gasteiger partial charge < -0.3 is 31.6 Å². The number of alkyl halides is 3. The number of fused-ring (bicyclic) bond motifs is 1. The third-order valence-electron chi connectivity index (χ3n) is 9.22. The molecule has 0 fully saturated rings. The summed E-state index contributed by atoms with van der Waals surface area (Å²) in [7, 11) is 2.08. The summed E-state index contributed by atoms with van der Waals surface area (Å²) in [6.07, 6.45) is -2.84. The maximum atomic E-state index is 13.9. The maximum absolute atomic E-state index is 13.9. The number of para-hydroxylation sites is 1. The first kappa shape index (κ1) is 38.4. The highest BCUT2D eigenvalue weighted by Gasteiger charge is 2.30. The van der Waals surface area contributed by atoms with Gasteiger partial charge in [-0.1, -0.05) is 60.7 Å². The maximum Gasteiger partial charge on any atom is 0.416 e. The Balaban J connectivity index is 1.55. The van der Waals surface area contributed by atoms with Crippen LogP contribution in [0.25, 0.3) is 10.9 Å². The lowest BCUT2D eigenvalue weighted by Gasteiger charge is -2.34. The van der Waals surface area contributed by atoms with E-state index >= 15 is 0 Å². The van der Waals surface area contributed by atoms with Crippen molar-refractivity contribution in [3.63, 3.8) is 0 Å². The third-order valence-corrected chi connectivity index (χ3v) is 9.22. The smallest absolute Gasteiger partial charge is 0.345 e. The number of aryl methyl sites for hydroxylation is 1. The SMILES string of the molecule is C[N+](CCN)(CCN)CCC[C@H](N)C(=O)N[C@H](CCc1ccccc1)C(=O)Cc1cc2ccccc2n(Cc2ccc(C(F)(F)F)cc2)c1=O. The first-order valence-corrected chi connectivity index (χ1v) is 17.0. The molecule has 1 heterocycles. The zero-order valence-corrected chi connectivity index (χ0v) is 28.5. The van der Waals surface area contributed by atoms with Crippen molar-refractivity contribution in [2.75, 3.05) is 39.8 Å². The number of ketones is 1. The lowest BCUT2D eigenvalue weighted by molar-refractivity contribution is -0.907. The molecule has 1 aromatic heterocycles. The van der Waals surface area contributed by atoms with Crippen LogP contribution < -0.4 is 28.1 Å². The van der Waals surface area contributed by atoms with E-state index in [9.17, 15) is 27.6 Å². The van der Waals surface area contributed by atoms with Crippen molar-refractivity contribution in [3.8, 4) is 0 Å². The van der Waals surface area contributed by atoms with Gasteiger partial charge in [0.1, 0.15) is 0 Å². The Morgan fingerprint density at radius 3 is 2.14 bits per heavy atom. The Morgan fingerprint density at radius 2 is 1.50 bits per heavy atom. The number of nitrogens with one attached hydrogen (secondary N) is 1. The number of hydrogen-bond acceptors (Lipinski definition) is 6. The highest BCUT2D eigenvalue weighted by atomic mass is 19.4. The van der Waals surface area contributed by atoms with Crippen LogP contribution in [0.3, 0.4) is 0 Å². The van der Waals surface area contributed by atoms with Crippen molar-refractivity contribution in [2.45, 2.75) is 56.9 Å². The number of hydrogen-bond donors (Lipinski definition) is 4. The number of likely N-dealkylation sites (N-methyl/N-ethyl adjacent to an activating group) is 1. The van der Waals surface area contributed by atoms with E-state index in [0.717, 1.165) is 37.3 Å². The Bertz CT molecular complexity index is 1770. The first-order chi connectivity index (χ1) is 23.8. The van der Waals surface area contributed by atoms with Crippen molar-refractivity contribution in [3.05, 3.63) is 118 Å². The minimum atomic E-state index is -4.48. The molecule has 2 atom stereocenters. The van der Waals surface area contributed by atoms with E-state index in [1.54, 1.807) is 24.3 Å². The van der Waals surface area contributed by atoms with Gasteiger partial charge in [-0.15, -0.1) is 0 Å². The largest absolute Gasteiger partial charge is 0.416 e. The summed E-state index contributed by atoms with van der Waals surface area (Å²) < 4.78 is 41.6. The highest BCUT2D eigenvalue weighted by molar-refractivity contribution is 5.92. The summed E-state index contributed by atoms with van der Waals surface area (Å²) in [6.45, 7) is 3.32. The Hall–Kier alpha value is -4.36. The molecule has 0 saturated carbocycles. The van der Waals surface area contributed by atoms with E-state index < -0.39 is 35.3 Å². The predicted octanol–water partition coefficient (Wildman–Crippen LogP) is 3.77. The standard InChI is InChI=1S/C38H47F3N6O3/c1-47(22-19-42,23-20-43)21-7-11-32(44)36(49)45-33(18-15-27-8-3-2-4-9-27)35(48)25-30-24-29-10-5-6-12-34(29)46(37(30)50)26-28-13-16-31(17-14-28)38(39,40)41/h2-6,8-10,12-14,16-17,24,32-33H,7,11,15,18-23,25-26,42-44H2,1H3/p+1/t32-,33+/m0/s1. The van der Waals surface area contributed by atoms with Crippen LogP contribution in [-0.4, -0.2) is 72.6 Å². The third kappa shape index (κ3) is 10.6. The van der Waals surface area contributed by atoms with E-state index in [4.69, 9.17) is 17.2 Å². The normalized spacial score (nSPS) is 13.3. The van der Waals surface area contributed by atoms with Crippen LogP contribution in [0.5, 0.6) is 0 Å². The Kier molecular flexibility index (Phi) is 13.5. The van der Waals surface area contributed by atoms with Crippen molar-refractivity contribution in [2.24, 2.45) is 17.2 Å². The summed E-state index contributed by atoms with van der Waals surface area (Å²) in [6, 6.07) is 21.3. The Labute approximate surface area is 290 Å². The molecule has 0 saturated heterocycles. The van der Waals surface area contributed by atoms with E-state index in [1.807, 2.05) is 36.4 Å². The van der Waals surface area contributed by atoms with Gasteiger partial charge in [0.25, 0.3) is 5.56 Å². The second-order valence-electron chi connectivity index (χ2n) is 13.2. The molecule has 0 spiro atoms. The molecule has 1 amide bonds. The molecule has 50 heavy (non-hydrogen) atoms. The van der Waals surface area contributed by atoms with E-state index in [1.165, 1.54) is 16.7 Å². The van der Waals surface area contributed by atoms with Gasteiger partial charge in [-0.2, -0.15) is 13.2 Å². The van der Waals surface area contributed by atoms with Crippen molar-refractivity contribution < 1.29 is 27.2 Å². The highest BCUT2D eigenvalue weighted by Crippen LogP contribution is 2.29. The number of nitrogens with zero attached hydrogens (tertiary/aromatic N) is 2. The van der Waals surface area contributed by atoms with E-state index in [-0.39, 0.29) is 24.3 Å². The zero-order valence-electron chi connectivity index (χ0n) is 28.5. The van der Waals surface area contributed by atoms with Crippen molar-refractivity contribution >= 4 is 22.6 Å². The number of quaternary nitrogens is 1. The molecule has 0 aliphatic carbocycles. The molecule has 0 aliphatic rings. The Morgan fingerprint density at radius 1 is 0.860 bits per heavy atom. The van der Waals surface area contributed by atoms with Gasteiger partial charge in [-0.05, 0) is 66.5 Å². The minimum Gasteiger partial charge on any atom is -0.345 e. The number of benzene rings is 3. The predicted molar refractivity (Wildman–Crippen MR) is 190 cm³/mol. The number of nitrogens with two attached hydrogens (primary N) is 3. The molecule has 0 unspecified atom stereocenters. The van der Waals surface area contributed by atoms with Crippen LogP contribution in [0.2, 0.25) is 0 Å². The van der Waals surface area contributed by atoms with Gasteiger partial charge in [0.15, 0.2) is 5.78 Å². The molecular formula is C38H48F3N6O3+. The average Bonchev–Trinajstić information content (AvgIpc) is 3.08. The molecular weight excluding hydrogens is 645 g/mol. The summed E-state index contributed by atoms with van der Waals surface area (Å²) >= 11 is 0. The second kappa shape index (κ2) is 17.5. The zero-order chi connectivity index (χ0) is 36.3. The van der Waals surface area contributed by atoms with Gasteiger partial charge >= 0.3 is 6.18 Å². The number of rotatable bonds is 18. The van der Waals surface area contributed by atoms with Gasteiger partial charge in [0.2, 0.25) is 5.91 Å². The van der Waals surface area contributed by atoms with Crippen LogP contribution in [-0.2, 0) is 35.2 Å². The van der Waals surface area contributed by atoms with Gasteiger partial charge in [0.05, 0.1) is 56.4 Å². The molecule has 7 N–H and O–H groups in total. The number of Topliss-reactive ketones (excluding diaryl/α,β-unsaturated/α-hetero) is 1. The topological polar surface area (TPSA) is 146 Å². The molecule has 12 heteroatoms. The number of pyridine rings is 1. The molecule has 4 aromatic rings. The van der Waals surface area contributed by atoms with Crippen LogP contribution in [0, 0.1) is 0 Å². The molecule has 0 bridgehead atoms. The van der Waals surface area contributed by atoms with Crippen LogP contribution in [0.1, 0.15) is 41.5 Å². The monoisotopic (exact) mass is 693 g/mol. The number of carbonyl (C=O) groups excluding carboxylic acids is 2. The molecule has 9 nitrogen and oxygen atoms in total. The summed E-state index contributed by atoms with van der Waals surface area (Å²) in [5.41, 5.74) is 19.0. The van der Waals surface area contributed by atoms with Crippen LogP contribution >= 0.6 is 0 Å². The van der Waals surface area contributed by atoms with Gasteiger partial charge in [0, 0.05) is 25.1 Å². The van der Waals surface area contributed by atoms with E-state index in [2.05, 4.69) is 12.4 Å². The minimum absolute atomic E-state index is 0.0108. The van der Waals surface area contributed by atoms with Gasteiger partial charge in [-0.3, -0.25) is 14.4 Å². The van der Waals surface area contributed by atoms with Crippen LogP contribution in [0.4, 0.5) is 13.2 Å². The molecule has 4 rings (SSSR count). The number of halogens is 3. The molecule has 268 valence electrons. The second-order valence-corrected chi connectivity index (χ2v) is 13.2. The summed E-state index contributed by atoms with van der Waals surface area (Å²) in [4.78, 5) is 41.2. The molecule has 0 radical (unpaired) electrons. The fourth-order valence-corrected chi connectivity index (χ4v) is 6.29. The number of amides is 1. The van der Waals surface area contributed by atoms with Gasteiger partial charge in [-0.25, -0.2) is 0 Å². The number of aromatic nitrogens is 1. The lowest BCUT2D eigenvalue weighted by atomic mass is 9.97. The van der Waals surface area contributed by atoms with Crippen molar-refractivity contribution in [1.29, 1.82) is 0 Å². The quantitative estimate of drug-likeness (QED) is 0.117. The first-order valence-electron chi connectivity index (χ1n) is 17.0. The van der Waals surface area contributed by atoms with E-state index in [0.29, 0.717) is 59.7 Å². The summed E-state index contributed by atoms with van der Waals surface area (Å²) in [5.74, 6) is -0.786. The average molecular weight is 694 g/mol. The molecule has 3 aromatic carbocycles. The number of carbonyl (C=O) groups is 2. The fraction of sp³-hybridized carbons (Fsp3) is 0.395.